The van der Waals surface area contributed by atoms with Gasteiger partial charge in [-0.25, -0.2) is 9.78 Å². The number of hydrogen-bond acceptors (Lipinski definition) is 6. The number of anilines is 1. The maximum absolute atomic E-state index is 13.0. The second-order valence-corrected chi connectivity index (χ2v) is 9.72. The van der Waals surface area contributed by atoms with Crippen LogP contribution < -0.4 is 5.32 Å². The van der Waals surface area contributed by atoms with E-state index in [0.29, 0.717) is 24.3 Å². The van der Waals surface area contributed by atoms with Crippen LogP contribution in [0.4, 0.5) is 9.93 Å². The summed E-state index contributed by atoms with van der Waals surface area (Å²) in [6.45, 7) is 2.45. The third-order valence-corrected chi connectivity index (χ3v) is 7.71. The Morgan fingerprint density at radius 3 is 2.40 bits per heavy atom. The molecule has 1 aliphatic carbocycles. The number of carboxylic acids is 1. The fourth-order valence-corrected chi connectivity index (χ4v) is 5.95. The van der Waals surface area contributed by atoms with Crippen LogP contribution >= 0.6 is 11.3 Å². The van der Waals surface area contributed by atoms with Crippen molar-refractivity contribution in [3.8, 4) is 11.1 Å². The number of aromatic nitrogens is 1. The van der Waals surface area contributed by atoms with E-state index in [4.69, 9.17) is 4.74 Å². The van der Waals surface area contributed by atoms with Crippen molar-refractivity contribution >= 4 is 34.4 Å². The summed E-state index contributed by atoms with van der Waals surface area (Å²) in [5, 5.41) is 12.3. The van der Waals surface area contributed by atoms with E-state index in [-0.39, 0.29) is 29.6 Å². The van der Waals surface area contributed by atoms with Crippen LogP contribution in [0.5, 0.6) is 0 Å². The van der Waals surface area contributed by atoms with Gasteiger partial charge in [0.1, 0.15) is 11.5 Å². The first kappa shape index (κ1) is 23.0. The number of ether oxygens (including phenoxy) is 1. The molecule has 2 atom stereocenters. The molecule has 1 aromatic heterocycles. The van der Waals surface area contributed by atoms with Crippen LogP contribution in [0.15, 0.2) is 54.7 Å². The van der Waals surface area contributed by atoms with Crippen LogP contribution in [0.25, 0.3) is 11.1 Å². The molecule has 0 radical (unpaired) electrons. The lowest BCUT2D eigenvalue weighted by Crippen LogP contribution is -2.39. The van der Waals surface area contributed by atoms with Gasteiger partial charge in [-0.15, -0.1) is 0 Å². The molecule has 35 heavy (non-hydrogen) atoms. The Hall–Kier alpha value is -3.72. The van der Waals surface area contributed by atoms with Gasteiger partial charge in [-0.2, -0.15) is 0 Å². The molecule has 3 aromatic rings. The summed E-state index contributed by atoms with van der Waals surface area (Å²) in [6, 6.07) is 15.9. The first-order valence-corrected chi connectivity index (χ1v) is 12.4. The number of rotatable bonds is 6. The fraction of sp³-hybridized carbons (Fsp3) is 0.308. The highest BCUT2D eigenvalue weighted by molar-refractivity contribution is 7.17. The van der Waals surface area contributed by atoms with Gasteiger partial charge >= 0.3 is 12.1 Å². The van der Waals surface area contributed by atoms with Gasteiger partial charge in [0, 0.05) is 18.5 Å². The molecule has 2 heterocycles. The second kappa shape index (κ2) is 9.50. The van der Waals surface area contributed by atoms with Gasteiger partial charge < -0.3 is 14.7 Å². The van der Waals surface area contributed by atoms with Gasteiger partial charge in [-0.05, 0) is 35.1 Å². The van der Waals surface area contributed by atoms with E-state index < -0.39 is 18.0 Å². The minimum absolute atomic E-state index is 0.0510. The first-order valence-electron chi connectivity index (χ1n) is 11.6. The third kappa shape index (κ3) is 4.27. The number of amides is 2. The van der Waals surface area contributed by atoms with E-state index >= 15 is 0 Å². The zero-order valence-electron chi connectivity index (χ0n) is 19.1. The average Bonchev–Trinajstić information content (AvgIpc) is 3.58. The molecule has 8 nitrogen and oxygen atoms in total. The smallest absolute Gasteiger partial charge is 0.413 e. The van der Waals surface area contributed by atoms with Crippen LogP contribution in [0.1, 0.15) is 46.5 Å². The number of nitrogens with zero attached hydrogens (tertiary/aromatic N) is 2. The molecule has 1 aliphatic heterocycles. The molecule has 2 aliphatic rings. The van der Waals surface area contributed by atoms with Crippen LogP contribution in [0.3, 0.4) is 0 Å². The Morgan fingerprint density at radius 2 is 1.77 bits per heavy atom. The Balaban J connectivity index is 1.22. The van der Waals surface area contributed by atoms with Crippen LogP contribution in [-0.4, -0.2) is 52.2 Å². The van der Waals surface area contributed by atoms with Gasteiger partial charge in [-0.1, -0.05) is 66.8 Å². The van der Waals surface area contributed by atoms with Crippen molar-refractivity contribution in [2.75, 3.05) is 18.5 Å². The molecule has 2 unspecified atom stereocenters. The summed E-state index contributed by atoms with van der Waals surface area (Å²) in [6.07, 6.45) is 1.77. The molecule has 0 bridgehead atoms. The molecule has 5 rings (SSSR count). The van der Waals surface area contributed by atoms with Crippen LogP contribution in [-0.2, 0) is 9.53 Å². The van der Waals surface area contributed by atoms with E-state index in [1.165, 1.54) is 6.20 Å². The van der Waals surface area contributed by atoms with Crippen LogP contribution in [0, 0.1) is 5.92 Å². The molecular formula is C26H25N3O5S. The van der Waals surface area contributed by atoms with Crippen molar-refractivity contribution in [2.45, 2.75) is 31.7 Å². The molecular weight excluding hydrogens is 466 g/mol. The number of nitrogens with one attached hydrogen (secondary N) is 1. The van der Waals surface area contributed by atoms with Crippen molar-refractivity contribution in [3.63, 3.8) is 0 Å². The van der Waals surface area contributed by atoms with Gasteiger partial charge in [0.2, 0.25) is 0 Å². The Kier molecular flexibility index (Phi) is 6.25. The summed E-state index contributed by atoms with van der Waals surface area (Å²) in [7, 11) is 0. The number of thiazole rings is 1. The van der Waals surface area contributed by atoms with Crippen LogP contribution in [0.2, 0.25) is 0 Å². The van der Waals surface area contributed by atoms with Crippen molar-refractivity contribution in [1.29, 1.82) is 0 Å². The highest BCUT2D eigenvalue weighted by atomic mass is 32.1. The molecule has 180 valence electrons. The Labute approximate surface area is 206 Å². The van der Waals surface area contributed by atoms with E-state index in [1.807, 2.05) is 31.2 Å². The Bertz CT molecular complexity index is 1240. The summed E-state index contributed by atoms with van der Waals surface area (Å²) < 4.78 is 5.54. The molecule has 2 amide bonds. The third-order valence-electron chi connectivity index (χ3n) is 6.81. The summed E-state index contributed by atoms with van der Waals surface area (Å²) in [5.74, 6) is -1.76. The number of carboxylic acid groups (broad SMARTS) is 1. The SMILES string of the molecule is CCC1C(C(=O)O)CCN1C(=O)c1cnc(NC(=O)OCC2c3ccccc3-c3ccccc32)s1. The molecule has 9 heteroatoms. The summed E-state index contributed by atoms with van der Waals surface area (Å²) in [4.78, 5) is 43.1. The number of benzene rings is 2. The quantitative estimate of drug-likeness (QED) is 0.511. The molecule has 1 saturated heterocycles. The number of carbonyl (C=O) groups excluding carboxylic acids is 2. The lowest BCUT2D eigenvalue weighted by Gasteiger charge is -2.25. The minimum atomic E-state index is -0.880. The highest BCUT2D eigenvalue weighted by Gasteiger charge is 2.40. The zero-order valence-corrected chi connectivity index (χ0v) is 20.0. The van der Waals surface area contributed by atoms with E-state index in [9.17, 15) is 19.5 Å². The predicted molar refractivity (Wildman–Crippen MR) is 132 cm³/mol. The normalized spacial score (nSPS) is 18.7. The largest absolute Gasteiger partial charge is 0.481 e. The van der Waals surface area contributed by atoms with Crippen molar-refractivity contribution in [2.24, 2.45) is 5.92 Å². The van der Waals surface area contributed by atoms with Crippen molar-refractivity contribution in [3.05, 3.63) is 70.7 Å². The van der Waals surface area contributed by atoms with Gasteiger partial charge in [0.05, 0.1) is 12.1 Å². The topological polar surface area (TPSA) is 109 Å². The number of aliphatic carboxylic acids is 1. The molecule has 0 saturated carbocycles. The minimum Gasteiger partial charge on any atom is -0.481 e. The number of hydrogen-bond donors (Lipinski definition) is 2. The van der Waals surface area contributed by atoms with E-state index in [1.54, 1.807) is 4.90 Å². The Morgan fingerprint density at radius 1 is 1.11 bits per heavy atom. The summed E-state index contributed by atoms with van der Waals surface area (Å²) in [5.41, 5.74) is 4.55. The molecule has 0 spiro atoms. The number of carbonyl (C=O) groups is 3. The molecule has 1 fully saturated rings. The lowest BCUT2D eigenvalue weighted by molar-refractivity contribution is -0.142. The standard InChI is InChI=1S/C26H25N3O5S/c1-2-21-19(24(31)32)11-12-29(21)23(30)22-13-27-25(35-22)28-26(33)34-14-20-17-9-5-3-7-15(17)16-8-4-6-10-18(16)20/h3-10,13,19-21H,2,11-12,14H2,1H3,(H,31,32)(H,27,28,33). The first-order chi connectivity index (χ1) is 17.0. The number of likely N-dealkylation sites (tertiary alicyclic amines) is 1. The van der Waals surface area contributed by atoms with E-state index in [2.05, 4.69) is 34.6 Å². The zero-order chi connectivity index (χ0) is 24.5. The summed E-state index contributed by atoms with van der Waals surface area (Å²) >= 11 is 1.05. The van der Waals surface area contributed by atoms with Gasteiger partial charge in [0.15, 0.2) is 5.13 Å². The fourth-order valence-electron chi connectivity index (χ4n) is 5.19. The average molecular weight is 492 g/mol. The van der Waals surface area contributed by atoms with Crippen molar-refractivity contribution < 1.29 is 24.2 Å². The molecule has 2 aromatic carbocycles. The maximum Gasteiger partial charge on any atom is 0.413 e. The maximum atomic E-state index is 13.0. The van der Waals surface area contributed by atoms with Gasteiger partial charge in [0.25, 0.3) is 5.91 Å². The molecule has 2 N–H and O–H groups in total. The predicted octanol–water partition coefficient (Wildman–Crippen LogP) is 4.83. The second-order valence-electron chi connectivity index (χ2n) is 8.69. The van der Waals surface area contributed by atoms with E-state index in [0.717, 1.165) is 33.6 Å². The highest BCUT2D eigenvalue weighted by Crippen LogP contribution is 2.44. The van der Waals surface area contributed by atoms with Gasteiger partial charge in [-0.3, -0.25) is 14.9 Å². The lowest BCUT2D eigenvalue weighted by atomic mass is 9.98. The van der Waals surface area contributed by atoms with Crippen molar-refractivity contribution in [1.82, 2.24) is 9.88 Å². The monoisotopic (exact) mass is 491 g/mol. The number of fused-ring (bicyclic) bond motifs is 3.